The first-order chi connectivity index (χ1) is 13.7. The lowest BCUT2D eigenvalue weighted by molar-refractivity contribution is 0.628. The molecule has 0 atom stereocenters. The van der Waals surface area contributed by atoms with Crippen molar-refractivity contribution in [2.75, 3.05) is 0 Å². The van der Waals surface area contributed by atoms with E-state index in [-0.39, 0.29) is 5.82 Å². The maximum atomic E-state index is 13.3. The van der Waals surface area contributed by atoms with Crippen LogP contribution in [-0.2, 0) is 0 Å². The minimum atomic E-state index is -0.261. The molecule has 0 spiro atoms. The van der Waals surface area contributed by atoms with Gasteiger partial charge >= 0.3 is 0 Å². The number of imidazole rings is 1. The van der Waals surface area contributed by atoms with Crippen molar-refractivity contribution in [3.8, 4) is 33.6 Å². The molecule has 0 fully saturated rings. The predicted octanol–water partition coefficient (Wildman–Crippen LogP) is 5.51. The molecule has 0 saturated carbocycles. The van der Waals surface area contributed by atoms with Crippen LogP contribution >= 0.6 is 0 Å². The van der Waals surface area contributed by atoms with E-state index in [9.17, 15) is 4.39 Å². The highest BCUT2D eigenvalue weighted by molar-refractivity contribution is 5.81. The second-order valence-corrected chi connectivity index (χ2v) is 6.81. The van der Waals surface area contributed by atoms with Gasteiger partial charge in [0, 0.05) is 34.6 Å². The minimum Gasteiger partial charge on any atom is -0.299 e. The molecular formula is C23H17FN4. The summed E-state index contributed by atoms with van der Waals surface area (Å²) in [5, 5.41) is 7.31. The van der Waals surface area contributed by atoms with Gasteiger partial charge in [-0.15, -0.1) is 0 Å². The van der Waals surface area contributed by atoms with E-state index in [0.717, 1.165) is 39.3 Å². The Bertz CT molecular complexity index is 1260. The molecule has 0 radical (unpaired) electrons. The molecule has 0 amide bonds. The van der Waals surface area contributed by atoms with Crippen LogP contribution in [0.15, 0.2) is 79.3 Å². The van der Waals surface area contributed by atoms with Gasteiger partial charge in [0.2, 0.25) is 0 Å². The number of nitrogens with zero attached hydrogens (tertiary/aromatic N) is 3. The standard InChI is InChI=1S/C23H17FN4/c1-15-2-4-16(5-3-15)21-13-25-22-11-8-18(14-28(21)22)20-12-26-27-23(20)17-6-9-19(24)10-7-17/h2-14H,1H3,(H,26,27). The smallest absolute Gasteiger partial charge is 0.137 e. The maximum absolute atomic E-state index is 13.3. The van der Waals surface area contributed by atoms with E-state index in [4.69, 9.17) is 0 Å². The fourth-order valence-electron chi connectivity index (χ4n) is 3.42. The average molecular weight is 368 g/mol. The van der Waals surface area contributed by atoms with Crippen molar-refractivity contribution in [1.82, 2.24) is 19.6 Å². The van der Waals surface area contributed by atoms with E-state index in [1.165, 1.54) is 17.7 Å². The van der Waals surface area contributed by atoms with E-state index in [0.29, 0.717) is 0 Å². The van der Waals surface area contributed by atoms with Crippen molar-refractivity contribution in [1.29, 1.82) is 0 Å². The SMILES string of the molecule is Cc1ccc(-c2cnc3ccc(-c4c[nH]nc4-c4ccc(F)cc4)cn23)cc1. The van der Waals surface area contributed by atoms with Gasteiger partial charge in [-0.25, -0.2) is 9.37 Å². The van der Waals surface area contributed by atoms with Crippen LogP contribution in [0.1, 0.15) is 5.56 Å². The maximum Gasteiger partial charge on any atom is 0.137 e. The zero-order valence-corrected chi connectivity index (χ0v) is 15.2. The average Bonchev–Trinajstić information content (AvgIpc) is 3.36. The van der Waals surface area contributed by atoms with Crippen LogP contribution in [0.4, 0.5) is 4.39 Å². The zero-order chi connectivity index (χ0) is 19.1. The molecule has 0 bridgehead atoms. The number of fused-ring (bicyclic) bond motifs is 1. The van der Waals surface area contributed by atoms with E-state index in [2.05, 4.69) is 57.0 Å². The molecule has 0 aliphatic rings. The van der Waals surface area contributed by atoms with Crippen LogP contribution in [0.2, 0.25) is 0 Å². The van der Waals surface area contributed by atoms with Gasteiger partial charge in [-0.3, -0.25) is 9.50 Å². The molecule has 5 aromatic rings. The number of aryl methyl sites for hydroxylation is 1. The van der Waals surface area contributed by atoms with Gasteiger partial charge in [0.25, 0.3) is 0 Å². The highest BCUT2D eigenvalue weighted by atomic mass is 19.1. The molecule has 0 aliphatic carbocycles. The Morgan fingerprint density at radius 3 is 2.36 bits per heavy atom. The van der Waals surface area contributed by atoms with E-state index < -0.39 is 0 Å². The summed E-state index contributed by atoms with van der Waals surface area (Å²) in [6.45, 7) is 2.08. The van der Waals surface area contributed by atoms with Gasteiger partial charge in [-0.05, 0) is 43.3 Å². The van der Waals surface area contributed by atoms with E-state index >= 15 is 0 Å². The highest BCUT2D eigenvalue weighted by Crippen LogP contribution is 2.31. The molecule has 3 heterocycles. The van der Waals surface area contributed by atoms with Crippen molar-refractivity contribution < 1.29 is 4.39 Å². The fourth-order valence-corrected chi connectivity index (χ4v) is 3.42. The fraction of sp³-hybridized carbons (Fsp3) is 0.0435. The number of aromatic nitrogens is 4. The van der Waals surface area contributed by atoms with Gasteiger partial charge < -0.3 is 0 Å². The van der Waals surface area contributed by atoms with Crippen molar-refractivity contribution >= 4 is 5.65 Å². The summed E-state index contributed by atoms with van der Waals surface area (Å²) in [5.74, 6) is -0.261. The van der Waals surface area contributed by atoms with Crippen LogP contribution in [0.5, 0.6) is 0 Å². The van der Waals surface area contributed by atoms with E-state index in [1.807, 2.05) is 24.5 Å². The summed E-state index contributed by atoms with van der Waals surface area (Å²) in [5.41, 5.74) is 7.86. The van der Waals surface area contributed by atoms with Gasteiger partial charge in [0.1, 0.15) is 11.5 Å². The topological polar surface area (TPSA) is 46.0 Å². The molecule has 136 valence electrons. The number of hydrogen-bond acceptors (Lipinski definition) is 2. The van der Waals surface area contributed by atoms with Gasteiger partial charge in [0.05, 0.1) is 17.6 Å². The number of H-pyrrole nitrogens is 1. The van der Waals surface area contributed by atoms with Crippen LogP contribution in [0, 0.1) is 12.7 Å². The van der Waals surface area contributed by atoms with Gasteiger partial charge in [-0.2, -0.15) is 5.10 Å². The molecule has 28 heavy (non-hydrogen) atoms. The zero-order valence-electron chi connectivity index (χ0n) is 15.2. The summed E-state index contributed by atoms with van der Waals surface area (Å²) in [6, 6.07) is 18.8. The number of pyridine rings is 1. The molecule has 1 N–H and O–H groups in total. The van der Waals surface area contributed by atoms with Crippen LogP contribution in [0.25, 0.3) is 39.3 Å². The summed E-state index contributed by atoms with van der Waals surface area (Å²) in [6.07, 6.45) is 5.82. The first-order valence-electron chi connectivity index (χ1n) is 9.03. The van der Waals surface area contributed by atoms with Gasteiger partial charge in [-0.1, -0.05) is 29.8 Å². The Balaban J connectivity index is 1.63. The Hall–Kier alpha value is -3.73. The Labute approximate surface area is 161 Å². The monoisotopic (exact) mass is 368 g/mol. The van der Waals surface area contributed by atoms with Crippen LogP contribution < -0.4 is 0 Å². The largest absolute Gasteiger partial charge is 0.299 e. The number of nitrogens with one attached hydrogen (secondary N) is 1. The summed E-state index contributed by atoms with van der Waals surface area (Å²) in [4.78, 5) is 4.53. The molecule has 5 rings (SSSR count). The predicted molar refractivity (Wildman–Crippen MR) is 108 cm³/mol. The second-order valence-electron chi connectivity index (χ2n) is 6.81. The minimum absolute atomic E-state index is 0.261. The van der Waals surface area contributed by atoms with Crippen molar-refractivity contribution in [2.45, 2.75) is 6.92 Å². The summed E-state index contributed by atoms with van der Waals surface area (Å²) < 4.78 is 15.4. The van der Waals surface area contributed by atoms with Crippen LogP contribution in [-0.4, -0.2) is 19.6 Å². The third-order valence-electron chi connectivity index (χ3n) is 4.92. The first-order valence-corrected chi connectivity index (χ1v) is 9.03. The summed E-state index contributed by atoms with van der Waals surface area (Å²) >= 11 is 0. The number of halogens is 1. The van der Waals surface area contributed by atoms with Gasteiger partial charge in [0.15, 0.2) is 0 Å². The van der Waals surface area contributed by atoms with Crippen molar-refractivity contribution in [3.63, 3.8) is 0 Å². The molecule has 4 nitrogen and oxygen atoms in total. The third-order valence-corrected chi connectivity index (χ3v) is 4.92. The van der Waals surface area contributed by atoms with E-state index in [1.54, 1.807) is 12.1 Å². The normalized spacial score (nSPS) is 11.2. The number of hydrogen-bond donors (Lipinski definition) is 1. The molecule has 5 heteroatoms. The Kier molecular flexibility index (Phi) is 3.79. The lowest BCUT2D eigenvalue weighted by Crippen LogP contribution is -1.91. The Morgan fingerprint density at radius 2 is 1.57 bits per heavy atom. The third kappa shape index (κ3) is 2.77. The number of benzene rings is 2. The molecule has 2 aromatic carbocycles. The molecule has 0 saturated heterocycles. The molecule has 0 unspecified atom stereocenters. The van der Waals surface area contributed by atoms with Crippen molar-refractivity contribution in [3.05, 3.63) is 90.6 Å². The Morgan fingerprint density at radius 1 is 0.857 bits per heavy atom. The molecule has 0 aliphatic heterocycles. The lowest BCUT2D eigenvalue weighted by atomic mass is 10.0. The molecule has 3 aromatic heterocycles. The van der Waals surface area contributed by atoms with Crippen LogP contribution in [0.3, 0.4) is 0 Å². The lowest BCUT2D eigenvalue weighted by Gasteiger charge is -2.07. The number of aromatic amines is 1. The highest BCUT2D eigenvalue weighted by Gasteiger charge is 2.13. The first kappa shape index (κ1) is 16.4. The summed E-state index contributed by atoms with van der Waals surface area (Å²) in [7, 11) is 0. The quantitative estimate of drug-likeness (QED) is 0.457. The van der Waals surface area contributed by atoms with Crippen molar-refractivity contribution in [2.24, 2.45) is 0 Å². The second kappa shape index (κ2) is 6.46. The number of rotatable bonds is 3. The molecular weight excluding hydrogens is 351 g/mol.